The van der Waals surface area contributed by atoms with Crippen molar-refractivity contribution < 1.29 is 33.1 Å². The molecule has 1 unspecified atom stereocenters. The molecule has 13 heteroatoms. The van der Waals surface area contributed by atoms with Crippen molar-refractivity contribution in [3.63, 3.8) is 0 Å². The van der Waals surface area contributed by atoms with E-state index in [0.717, 1.165) is 4.90 Å². The van der Waals surface area contributed by atoms with Gasteiger partial charge in [0.15, 0.2) is 0 Å². The number of benzene rings is 3. The zero-order chi connectivity index (χ0) is 34.2. The number of hydrogen-bond acceptors (Lipinski definition) is 9. The van der Waals surface area contributed by atoms with Crippen molar-refractivity contribution in [3.8, 4) is 22.8 Å². The maximum Gasteiger partial charge on any atom is 0.265 e. The fourth-order valence-corrected chi connectivity index (χ4v) is 6.41. The summed E-state index contributed by atoms with van der Waals surface area (Å²) in [5, 5.41) is 2.14. The van der Waals surface area contributed by atoms with Gasteiger partial charge in [0.25, 0.3) is 17.7 Å². The third-order valence-corrected chi connectivity index (χ3v) is 8.97. The molecule has 3 N–H and O–H groups in total. The van der Waals surface area contributed by atoms with Crippen molar-refractivity contribution >= 4 is 35.4 Å². The number of amides is 5. The summed E-state index contributed by atoms with van der Waals surface area (Å²) in [6.07, 6.45) is -0.0279. The van der Waals surface area contributed by atoms with E-state index in [1.807, 2.05) is 47.4 Å². The van der Waals surface area contributed by atoms with Crippen LogP contribution in [-0.4, -0.2) is 76.5 Å². The van der Waals surface area contributed by atoms with Gasteiger partial charge in [-0.15, -0.1) is 0 Å². The summed E-state index contributed by atoms with van der Waals surface area (Å²) in [4.78, 5) is 72.2. The predicted molar refractivity (Wildman–Crippen MR) is 175 cm³/mol. The summed E-state index contributed by atoms with van der Waals surface area (Å²) in [5.41, 5.74) is 6.94. The van der Waals surface area contributed by atoms with E-state index in [-0.39, 0.29) is 41.6 Å². The highest BCUT2D eigenvalue weighted by Crippen LogP contribution is 2.32. The van der Waals surface area contributed by atoms with Crippen molar-refractivity contribution in [2.24, 2.45) is 5.73 Å². The smallest absolute Gasteiger partial charge is 0.265 e. The number of pyridine rings is 1. The van der Waals surface area contributed by atoms with Gasteiger partial charge in [-0.25, -0.2) is 9.37 Å². The number of hydrogen-bond donors (Lipinski definition) is 2. The lowest BCUT2D eigenvalue weighted by Gasteiger charge is -2.35. The summed E-state index contributed by atoms with van der Waals surface area (Å²) < 4.78 is 21.7. The lowest BCUT2D eigenvalue weighted by Crippen LogP contribution is -2.54. The maximum atomic E-state index is 15.8. The molecular weight excluding hydrogens is 631 g/mol. The SMILES string of the molecule is NC(=O)c1ccc(N2CCN(Cc3ccc4c(c3F)C(=O)N(C3CCC(=O)NC3=O)C4=O)CC2)nc1-c1ccc(Oc2ccccc2)cc1. The Morgan fingerprint density at radius 1 is 0.878 bits per heavy atom. The molecule has 0 aliphatic carbocycles. The van der Waals surface area contributed by atoms with E-state index < -0.39 is 41.4 Å². The molecule has 2 fully saturated rings. The number of aromatic nitrogens is 1. The number of imide groups is 2. The minimum absolute atomic E-state index is 0.00745. The van der Waals surface area contributed by atoms with Gasteiger partial charge in [0.2, 0.25) is 11.8 Å². The van der Waals surface area contributed by atoms with Crippen molar-refractivity contribution in [1.82, 2.24) is 20.1 Å². The van der Waals surface area contributed by atoms with Crippen LogP contribution in [0.2, 0.25) is 0 Å². The number of nitrogens with two attached hydrogens (primary N) is 1. The fraction of sp³-hybridized carbons (Fsp3) is 0.222. The molecule has 7 rings (SSSR count). The first-order valence-corrected chi connectivity index (χ1v) is 15.8. The van der Waals surface area contributed by atoms with E-state index in [4.69, 9.17) is 15.5 Å². The monoisotopic (exact) mass is 662 g/mol. The largest absolute Gasteiger partial charge is 0.457 e. The molecule has 3 aliphatic heterocycles. The molecule has 12 nitrogen and oxygen atoms in total. The molecule has 4 heterocycles. The predicted octanol–water partition coefficient (Wildman–Crippen LogP) is 3.50. The van der Waals surface area contributed by atoms with Gasteiger partial charge >= 0.3 is 0 Å². The van der Waals surface area contributed by atoms with Gasteiger partial charge in [-0.1, -0.05) is 24.3 Å². The summed E-state index contributed by atoms with van der Waals surface area (Å²) >= 11 is 0. The van der Waals surface area contributed by atoms with Crippen LogP contribution < -0.4 is 20.7 Å². The molecule has 5 amide bonds. The molecule has 4 aromatic rings. The Labute approximate surface area is 280 Å². The Hall–Kier alpha value is -5.95. The zero-order valence-corrected chi connectivity index (χ0v) is 26.2. The van der Waals surface area contributed by atoms with Gasteiger partial charge in [0.05, 0.1) is 22.4 Å². The molecule has 2 saturated heterocycles. The third-order valence-electron chi connectivity index (χ3n) is 8.97. The first-order chi connectivity index (χ1) is 23.7. The molecule has 0 saturated carbocycles. The van der Waals surface area contributed by atoms with E-state index in [1.165, 1.54) is 12.1 Å². The average molecular weight is 663 g/mol. The number of rotatable bonds is 8. The molecule has 0 bridgehead atoms. The van der Waals surface area contributed by atoms with Crippen LogP contribution in [0.25, 0.3) is 11.3 Å². The van der Waals surface area contributed by atoms with E-state index in [9.17, 15) is 24.0 Å². The first kappa shape index (κ1) is 31.6. The molecule has 49 heavy (non-hydrogen) atoms. The van der Waals surface area contributed by atoms with Gasteiger partial charge in [0.1, 0.15) is 29.2 Å². The number of anilines is 1. The van der Waals surface area contributed by atoms with Crippen LogP contribution in [0.4, 0.5) is 10.2 Å². The van der Waals surface area contributed by atoms with Gasteiger partial charge in [-0.3, -0.25) is 39.1 Å². The quantitative estimate of drug-likeness (QED) is 0.270. The Morgan fingerprint density at radius 2 is 1.59 bits per heavy atom. The number of piperazine rings is 1. The lowest BCUT2D eigenvalue weighted by atomic mass is 10.0. The number of carbonyl (C=O) groups excluding carboxylic acids is 5. The average Bonchev–Trinajstić information content (AvgIpc) is 3.36. The number of para-hydroxylation sites is 1. The molecule has 0 radical (unpaired) electrons. The van der Waals surface area contributed by atoms with Gasteiger partial charge in [0, 0.05) is 50.3 Å². The van der Waals surface area contributed by atoms with E-state index in [1.54, 1.807) is 24.3 Å². The number of carbonyl (C=O) groups is 5. The molecular formula is C36H31FN6O6. The topological polar surface area (TPSA) is 155 Å². The van der Waals surface area contributed by atoms with Crippen LogP contribution in [0.15, 0.2) is 78.9 Å². The van der Waals surface area contributed by atoms with Crippen molar-refractivity contribution in [2.75, 3.05) is 31.1 Å². The van der Waals surface area contributed by atoms with Gasteiger partial charge < -0.3 is 15.4 Å². The normalized spacial score (nSPS) is 18.0. The third kappa shape index (κ3) is 6.11. The van der Waals surface area contributed by atoms with Crippen LogP contribution in [0.3, 0.4) is 0 Å². The van der Waals surface area contributed by atoms with Crippen LogP contribution >= 0.6 is 0 Å². The number of halogens is 1. The van der Waals surface area contributed by atoms with Crippen molar-refractivity contribution in [1.29, 1.82) is 0 Å². The summed E-state index contributed by atoms with van der Waals surface area (Å²) in [5.74, 6) is -2.26. The molecule has 0 spiro atoms. The number of fused-ring (bicyclic) bond motifs is 1. The number of primary amides is 1. The Kier molecular flexibility index (Phi) is 8.34. The maximum absolute atomic E-state index is 15.8. The molecule has 3 aliphatic rings. The highest BCUT2D eigenvalue weighted by molar-refractivity contribution is 6.23. The molecule has 1 atom stereocenters. The Morgan fingerprint density at radius 3 is 2.29 bits per heavy atom. The van der Waals surface area contributed by atoms with Crippen molar-refractivity contribution in [2.45, 2.75) is 25.4 Å². The van der Waals surface area contributed by atoms with E-state index in [0.29, 0.717) is 54.8 Å². The standard InChI is InChI=1S/C36H31FN6O6/c37-31-22(8-11-25-30(31)36(48)43(35(25)47)27-13-15-29(44)40-34(27)46)20-41-16-18-42(19-17-41)28-14-12-26(33(38)45)32(39-28)21-6-9-24(10-7-21)49-23-4-2-1-3-5-23/h1-12,14,27H,13,15-20H2,(H2,38,45)(H,40,44,46). The Bertz CT molecular complexity index is 2000. The van der Waals surface area contributed by atoms with Crippen LogP contribution in [0.5, 0.6) is 11.5 Å². The fourth-order valence-electron chi connectivity index (χ4n) is 6.41. The number of ether oxygens (including phenoxy) is 1. The first-order valence-electron chi connectivity index (χ1n) is 15.8. The van der Waals surface area contributed by atoms with Crippen LogP contribution in [0.1, 0.15) is 49.5 Å². The van der Waals surface area contributed by atoms with Crippen LogP contribution in [-0.2, 0) is 16.1 Å². The summed E-state index contributed by atoms with van der Waals surface area (Å²) in [6.45, 7) is 2.40. The van der Waals surface area contributed by atoms with Crippen molar-refractivity contribution in [3.05, 3.63) is 107 Å². The second-order valence-corrected chi connectivity index (χ2v) is 12.0. The molecule has 248 valence electrons. The van der Waals surface area contributed by atoms with Gasteiger partial charge in [-0.05, 0) is 61.0 Å². The zero-order valence-electron chi connectivity index (χ0n) is 26.2. The highest BCUT2D eigenvalue weighted by Gasteiger charge is 2.46. The van der Waals surface area contributed by atoms with E-state index >= 15 is 4.39 Å². The number of nitrogens with one attached hydrogen (secondary N) is 1. The minimum Gasteiger partial charge on any atom is -0.457 e. The summed E-state index contributed by atoms with van der Waals surface area (Å²) in [7, 11) is 0. The highest BCUT2D eigenvalue weighted by atomic mass is 19.1. The molecule has 1 aromatic heterocycles. The Balaban J connectivity index is 1.03. The van der Waals surface area contributed by atoms with Gasteiger partial charge in [-0.2, -0.15) is 0 Å². The van der Waals surface area contributed by atoms with Crippen LogP contribution in [0, 0.1) is 5.82 Å². The minimum atomic E-state index is -1.17. The van der Waals surface area contributed by atoms with E-state index in [2.05, 4.69) is 10.2 Å². The molecule has 3 aromatic carbocycles. The summed E-state index contributed by atoms with van der Waals surface area (Å²) in [6, 6.07) is 21.8. The second-order valence-electron chi connectivity index (χ2n) is 12.0. The lowest BCUT2D eigenvalue weighted by molar-refractivity contribution is -0.136. The number of piperidine rings is 1. The number of nitrogens with zero attached hydrogens (tertiary/aromatic N) is 4. The second kappa shape index (κ2) is 12.9.